The molecule has 0 unspecified atom stereocenters. The normalized spacial score (nSPS) is 38.7. The predicted octanol–water partition coefficient (Wildman–Crippen LogP) is 2.91. The van der Waals surface area contributed by atoms with Gasteiger partial charge in [-0.1, -0.05) is 51.1 Å². The number of benzene rings is 1. The lowest BCUT2D eigenvalue weighted by Gasteiger charge is -2.39. The van der Waals surface area contributed by atoms with E-state index in [-0.39, 0.29) is 16.9 Å². The average molecular weight is 313 g/mol. The van der Waals surface area contributed by atoms with Crippen molar-refractivity contribution in [3.63, 3.8) is 0 Å². The van der Waals surface area contributed by atoms with Crippen molar-refractivity contribution < 1.29 is 14.6 Å². The molecule has 2 bridgehead atoms. The van der Waals surface area contributed by atoms with E-state index in [1.54, 1.807) is 0 Å². The molecule has 2 aliphatic carbocycles. The lowest BCUT2D eigenvalue weighted by Crippen LogP contribution is -2.47. The topological polar surface area (TPSA) is 58.9 Å². The zero-order chi connectivity index (χ0) is 16.4. The van der Waals surface area contributed by atoms with Crippen molar-refractivity contribution in [2.24, 2.45) is 21.7 Å². The van der Waals surface area contributed by atoms with Crippen molar-refractivity contribution in [3.8, 4) is 0 Å². The molecule has 2 saturated carbocycles. The van der Waals surface area contributed by atoms with Crippen LogP contribution in [0.4, 0.5) is 0 Å². The lowest BCUT2D eigenvalue weighted by atomic mass is 9.70. The van der Waals surface area contributed by atoms with Gasteiger partial charge in [0.25, 0.3) is 0 Å². The van der Waals surface area contributed by atoms with Crippen LogP contribution in [0.2, 0.25) is 0 Å². The summed E-state index contributed by atoms with van der Waals surface area (Å²) in [5.41, 5.74) is 1.72. The third-order valence-corrected chi connectivity index (χ3v) is 6.70. The fraction of sp³-hybridized carbons (Fsp3) is 0.579. The number of carbonyl (C=O) groups excluding carboxylic acids is 1. The number of rotatable bonds is 2. The molecule has 0 spiro atoms. The van der Waals surface area contributed by atoms with Gasteiger partial charge in [-0.3, -0.25) is 4.99 Å². The highest BCUT2D eigenvalue weighted by Crippen LogP contribution is 2.65. The first kappa shape index (κ1) is 14.9. The molecule has 0 saturated heterocycles. The summed E-state index contributed by atoms with van der Waals surface area (Å²) in [6.45, 7) is 6.71. The molecule has 1 aromatic carbocycles. The van der Waals surface area contributed by atoms with Crippen LogP contribution in [-0.4, -0.2) is 28.9 Å². The molecule has 0 amide bonds. The monoisotopic (exact) mass is 313 g/mol. The number of aliphatic hydroxyl groups excluding tert-OH is 1. The average Bonchev–Trinajstić information content (AvgIpc) is 2.86. The number of aliphatic hydroxyl groups is 1. The molecular weight excluding hydrogens is 290 g/mol. The van der Waals surface area contributed by atoms with Gasteiger partial charge in [0.1, 0.15) is 12.2 Å². The molecular formula is C19H23NO3. The van der Waals surface area contributed by atoms with Crippen LogP contribution in [0, 0.1) is 16.7 Å². The third-order valence-electron chi connectivity index (χ3n) is 6.70. The molecule has 4 rings (SSSR count). The van der Waals surface area contributed by atoms with Crippen LogP contribution >= 0.6 is 0 Å². The van der Waals surface area contributed by atoms with Gasteiger partial charge in [0, 0.05) is 11.3 Å². The van der Waals surface area contributed by atoms with Gasteiger partial charge in [-0.2, -0.15) is 0 Å². The van der Waals surface area contributed by atoms with E-state index in [0.29, 0.717) is 11.5 Å². The number of aliphatic imine (C=N–C) groups is 1. The first-order valence-corrected chi connectivity index (χ1v) is 8.37. The minimum Gasteiger partial charge on any atom is -0.454 e. The van der Waals surface area contributed by atoms with Gasteiger partial charge in [-0.15, -0.1) is 0 Å². The molecule has 3 aliphatic rings. The van der Waals surface area contributed by atoms with E-state index in [9.17, 15) is 9.90 Å². The summed E-state index contributed by atoms with van der Waals surface area (Å²) in [5, 5.41) is 10.6. The van der Waals surface area contributed by atoms with Crippen molar-refractivity contribution >= 4 is 11.7 Å². The Balaban J connectivity index is 1.72. The van der Waals surface area contributed by atoms with Crippen LogP contribution in [0.1, 0.15) is 45.3 Å². The summed E-state index contributed by atoms with van der Waals surface area (Å²) >= 11 is 0. The number of carbonyl (C=O) groups is 1. The Kier molecular flexibility index (Phi) is 3.02. The lowest BCUT2D eigenvalue weighted by molar-refractivity contribution is -0.158. The van der Waals surface area contributed by atoms with Crippen LogP contribution in [-0.2, 0) is 9.53 Å². The largest absolute Gasteiger partial charge is 0.454 e. The number of esters is 1. The van der Waals surface area contributed by atoms with Gasteiger partial charge in [0.2, 0.25) is 0 Å². The SMILES string of the molecule is CC1(C)[C@@H]2CC[C@@]1(C)[C@@H]1OC(=O)[C@@H]([C@@H](O)c3ccccc3)N=C21. The maximum atomic E-state index is 12.5. The number of hydrogen-bond acceptors (Lipinski definition) is 4. The van der Waals surface area contributed by atoms with Crippen LogP contribution < -0.4 is 0 Å². The summed E-state index contributed by atoms with van der Waals surface area (Å²) in [5.74, 6) is -0.0595. The van der Waals surface area contributed by atoms with Crippen LogP contribution in [0.3, 0.4) is 0 Å². The van der Waals surface area contributed by atoms with Crippen molar-refractivity contribution in [3.05, 3.63) is 35.9 Å². The smallest absolute Gasteiger partial charge is 0.334 e. The molecule has 4 heteroatoms. The van der Waals surface area contributed by atoms with Gasteiger partial charge in [-0.05, 0) is 23.8 Å². The zero-order valence-corrected chi connectivity index (χ0v) is 13.8. The standard InChI is InChI=1S/C19H23NO3/c1-18(2)12-9-10-19(18,3)16-13(12)20-14(17(22)23-16)15(21)11-7-5-4-6-8-11/h4-8,12,14-16,21H,9-10H2,1-3H3/t12-,14-,15+,16-,19+/m1/s1. The van der Waals surface area contributed by atoms with E-state index in [0.717, 1.165) is 18.6 Å². The van der Waals surface area contributed by atoms with Crippen molar-refractivity contribution in [1.82, 2.24) is 0 Å². The van der Waals surface area contributed by atoms with E-state index in [2.05, 4.69) is 20.8 Å². The minimum atomic E-state index is -0.952. The first-order chi connectivity index (χ1) is 10.9. The first-order valence-electron chi connectivity index (χ1n) is 8.37. The summed E-state index contributed by atoms with van der Waals surface area (Å²) < 4.78 is 5.81. The molecule has 0 aromatic heterocycles. The fourth-order valence-corrected chi connectivity index (χ4v) is 4.80. The van der Waals surface area contributed by atoms with Gasteiger partial charge in [0.05, 0.1) is 5.71 Å². The van der Waals surface area contributed by atoms with Gasteiger partial charge in [0.15, 0.2) is 6.04 Å². The predicted molar refractivity (Wildman–Crippen MR) is 87.1 cm³/mol. The molecule has 122 valence electrons. The molecule has 1 aromatic rings. The summed E-state index contributed by atoms with van der Waals surface area (Å²) in [6, 6.07) is 8.38. The van der Waals surface area contributed by atoms with Gasteiger partial charge >= 0.3 is 5.97 Å². The van der Waals surface area contributed by atoms with Crippen molar-refractivity contribution in [1.29, 1.82) is 0 Å². The quantitative estimate of drug-likeness (QED) is 0.854. The van der Waals surface area contributed by atoms with Gasteiger partial charge in [-0.25, -0.2) is 4.79 Å². The van der Waals surface area contributed by atoms with E-state index >= 15 is 0 Å². The molecule has 2 fully saturated rings. The van der Waals surface area contributed by atoms with E-state index in [4.69, 9.17) is 9.73 Å². The number of ether oxygens (including phenoxy) is 1. The van der Waals surface area contributed by atoms with Crippen LogP contribution in [0.5, 0.6) is 0 Å². The molecule has 1 N–H and O–H groups in total. The maximum Gasteiger partial charge on any atom is 0.334 e. The Morgan fingerprint density at radius 1 is 1.26 bits per heavy atom. The summed E-state index contributed by atoms with van der Waals surface area (Å²) in [7, 11) is 0. The Morgan fingerprint density at radius 2 is 1.96 bits per heavy atom. The van der Waals surface area contributed by atoms with Crippen LogP contribution in [0.15, 0.2) is 35.3 Å². The second-order valence-corrected chi connectivity index (χ2v) is 7.90. The highest BCUT2D eigenvalue weighted by atomic mass is 16.6. The Morgan fingerprint density at radius 3 is 2.65 bits per heavy atom. The zero-order valence-electron chi connectivity index (χ0n) is 13.8. The Hall–Kier alpha value is -1.68. The molecule has 23 heavy (non-hydrogen) atoms. The minimum absolute atomic E-state index is 0.0468. The second kappa shape index (κ2) is 4.67. The number of nitrogens with zero attached hydrogens (tertiary/aromatic N) is 1. The van der Waals surface area contributed by atoms with E-state index in [1.807, 2.05) is 30.3 Å². The maximum absolute atomic E-state index is 12.5. The fourth-order valence-electron chi connectivity index (χ4n) is 4.80. The summed E-state index contributed by atoms with van der Waals surface area (Å²) in [4.78, 5) is 17.2. The Bertz CT molecular complexity index is 681. The Labute approximate surface area is 136 Å². The van der Waals surface area contributed by atoms with Crippen molar-refractivity contribution in [2.75, 3.05) is 0 Å². The molecule has 1 aliphatic heterocycles. The molecule has 1 heterocycles. The van der Waals surface area contributed by atoms with Gasteiger partial charge < -0.3 is 9.84 Å². The number of fused-ring (bicyclic) bond motifs is 5. The second-order valence-electron chi connectivity index (χ2n) is 7.90. The molecule has 5 atom stereocenters. The highest BCUT2D eigenvalue weighted by molar-refractivity contribution is 6.01. The van der Waals surface area contributed by atoms with Crippen LogP contribution in [0.25, 0.3) is 0 Å². The van der Waals surface area contributed by atoms with E-state index < -0.39 is 18.1 Å². The molecule has 0 radical (unpaired) electrons. The summed E-state index contributed by atoms with van der Waals surface area (Å²) in [6.07, 6.45) is 0.980. The van der Waals surface area contributed by atoms with E-state index in [1.165, 1.54) is 0 Å². The molecule has 4 nitrogen and oxygen atoms in total. The highest BCUT2D eigenvalue weighted by Gasteiger charge is 2.67. The number of hydrogen-bond donors (Lipinski definition) is 1. The third kappa shape index (κ3) is 1.81. The van der Waals surface area contributed by atoms with Crippen molar-refractivity contribution in [2.45, 2.75) is 51.9 Å².